The van der Waals surface area contributed by atoms with Crippen molar-refractivity contribution in [3.63, 3.8) is 0 Å². The van der Waals surface area contributed by atoms with Crippen molar-refractivity contribution >= 4 is 16.9 Å². The number of H-pyrrole nitrogens is 1. The van der Waals surface area contributed by atoms with E-state index in [4.69, 9.17) is 4.74 Å². The zero-order chi connectivity index (χ0) is 12.1. The standard InChI is InChI=1S/C14H17NO2/c1-2-17-14(16)9-5-7-12-10-11-6-3-4-8-13(11)15-12/h3-4,6,8,10,15H,2,5,7,9H2,1H3. The maximum atomic E-state index is 11.2. The minimum atomic E-state index is -0.108. The molecule has 2 aromatic rings. The Labute approximate surface area is 101 Å². The number of benzene rings is 1. The Kier molecular flexibility index (Phi) is 3.81. The summed E-state index contributed by atoms with van der Waals surface area (Å²) in [5.41, 5.74) is 2.33. The lowest BCUT2D eigenvalue weighted by atomic mass is 10.2. The summed E-state index contributed by atoms with van der Waals surface area (Å²) in [6, 6.07) is 10.3. The van der Waals surface area contributed by atoms with Crippen LogP contribution in [0.1, 0.15) is 25.5 Å². The summed E-state index contributed by atoms with van der Waals surface area (Å²) < 4.78 is 4.89. The van der Waals surface area contributed by atoms with Gasteiger partial charge in [0, 0.05) is 17.6 Å². The van der Waals surface area contributed by atoms with E-state index >= 15 is 0 Å². The van der Waals surface area contributed by atoms with Crippen LogP contribution in [0.25, 0.3) is 10.9 Å². The van der Waals surface area contributed by atoms with Gasteiger partial charge in [0.25, 0.3) is 0 Å². The molecule has 90 valence electrons. The van der Waals surface area contributed by atoms with Crippen LogP contribution in [0.2, 0.25) is 0 Å². The summed E-state index contributed by atoms with van der Waals surface area (Å²) in [4.78, 5) is 14.5. The van der Waals surface area contributed by atoms with Crippen molar-refractivity contribution in [1.29, 1.82) is 0 Å². The molecule has 3 heteroatoms. The zero-order valence-electron chi connectivity index (χ0n) is 10.0. The SMILES string of the molecule is CCOC(=O)CCCc1cc2ccccc2[nH]1. The van der Waals surface area contributed by atoms with Crippen molar-refractivity contribution in [2.45, 2.75) is 26.2 Å². The highest BCUT2D eigenvalue weighted by Gasteiger charge is 2.03. The minimum Gasteiger partial charge on any atom is -0.466 e. The lowest BCUT2D eigenvalue weighted by Crippen LogP contribution is -2.04. The first kappa shape index (κ1) is 11.7. The summed E-state index contributed by atoms with van der Waals surface area (Å²) >= 11 is 0. The van der Waals surface area contributed by atoms with E-state index in [-0.39, 0.29) is 5.97 Å². The molecule has 0 saturated carbocycles. The number of aryl methyl sites for hydroxylation is 1. The van der Waals surface area contributed by atoms with Crippen LogP contribution in [-0.4, -0.2) is 17.6 Å². The van der Waals surface area contributed by atoms with Gasteiger partial charge in [-0.15, -0.1) is 0 Å². The van der Waals surface area contributed by atoms with Gasteiger partial charge in [-0.2, -0.15) is 0 Å². The van der Waals surface area contributed by atoms with E-state index in [0.29, 0.717) is 13.0 Å². The maximum Gasteiger partial charge on any atom is 0.305 e. The van der Waals surface area contributed by atoms with E-state index in [1.807, 2.05) is 19.1 Å². The molecule has 0 saturated heterocycles. The van der Waals surface area contributed by atoms with Crippen molar-refractivity contribution in [3.8, 4) is 0 Å². The zero-order valence-corrected chi connectivity index (χ0v) is 10.0. The third kappa shape index (κ3) is 3.09. The lowest BCUT2D eigenvalue weighted by Gasteiger charge is -2.00. The van der Waals surface area contributed by atoms with Crippen molar-refractivity contribution in [2.24, 2.45) is 0 Å². The molecule has 0 radical (unpaired) electrons. The van der Waals surface area contributed by atoms with Gasteiger partial charge in [-0.1, -0.05) is 18.2 Å². The maximum absolute atomic E-state index is 11.2. The number of hydrogen-bond donors (Lipinski definition) is 1. The second kappa shape index (κ2) is 5.53. The molecule has 0 spiro atoms. The first-order valence-corrected chi connectivity index (χ1v) is 6.02. The van der Waals surface area contributed by atoms with Crippen LogP contribution in [0.5, 0.6) is 0 Å². The van der Waals surface area contributed by atoms with Crippen LogP contribution in [0.3, 0.4) is 0 Å². The third-order valence-corrected chi connectivity index (χ3v) is 2.72. The molecule has 0 aliphatic carbocycles. The summed E-state index contributed by atoms with van der Waals surface area (Å²) in [5.74, 6) is -0.108. The Morgan fingerprint density at radius 1 is 1.35 bits per heavy atom. The van der Waals surface area contributed by atoms with Gasteiger partial charge in [-0.05, 0) is 37.3 Å². The van der Waals surface area contributed by atoms with Gasteiger partial charge in [0.15, 0.2) is 0 Å². The van der Waals surface area contributed by atoms with E-state index in [1.54, 1.807) is 0 Å². The quantitative estimate of drug-likeness (QED) is 0.803. The molecule has 1 heterocycles. The molecule has 0 unspecified atom stereocenters. The number of ether oxygens (including phenoxy) is 1. The molecule has 0 bridgehead atoms. The van der Waals surface area contributed by atoms with Crippen molar-refractivity contribution in [1.82, 2.24) is 4.98 Å². The summed E-state index contributed by atoms with van der Waals surface area (Å²) in [6.07, 6.45) is 2.20. The number of rotatable bonds is 5. The van der Waals surface area contributed by atoms with Crippen molar-refractivity contribution < 1.29 is 9.53 Å². The van der Waals surface area contributed by atoms with Crippen LogP contribution in [-0.2, 0) is 16.0 Å². The number of esters is 1. The van der Waals surface area contributed by atoms with Gasteiger partial charge in [0.05, 0.1) is 6.61 Å². The Hall–Kier alpha value is -1.77. The van der Waals surface area contributed by atoms with Crippen LogP contribution in [0.4, 0.5) is 0 Å². The molecule has 1 aromatic heterocycles. The summed E-state index contributed by atoms with van der Waals surface area (Å²) in [7, 11) is 0. The second-order valence-corrected chi connectivity index (χ2v) is 4.04. The Morgan fingerprint density at radius 2 is 2.18 bits per heavy atom. The molecular formula is C14H17NO2. The molecular weight excluding hydrogens is 214 g/mol. The van der Waals surface area contributed by atoms with E-state index in [1.165, 1.54) is 11.1 Å². The average molecular weight is 231 g/mol. The number of carbonyl (C=O) groups is 1. The molecule has 1 aromatic carbocycles. The molecule has 0 amide bonds. The largest absolute Gasteiger partial charge is 0.466 e. The van der Waals surface area contributed by atoms with E-state index in [9.17, 15) is 4.79 Å². The van der Waals surface area contributed by atoms with Crippen molar-refractivity contribution in [2.75, 3.05) is 6.61 Å². The number of fused-ring (bicyclic) bond motifs is 1. The second-order valence-electron chi connectivity index (χ2n) is 4.04. The highest BCUT2D eigenvalue weighted by atomic mass is 16.5. The van der Waals surface area contributed by atoms with Gasteiger partial charge in [0.1, 0.15) is 0 Å². The molecule has 17 heavy (non-hydrogen) atoms. The summed E-state index contributed by atoms with van der Waals surface area (Å²) in [5, 5.41) is 1.22. The van der Waals surface area contributed by atoms with Gasteiger partial charge >= 0.3 is 5.97 Å². The monoisotopic (exact) mass is 231 g/mol. The van der Waals surface area contributed by atoms with E-state index in [0.717, 1.165) is 18.4 Å². The van der Waals surface area contributed by atoms with Gasteiger partial charge in [-0.3, -0.25) is 4.79 Å². The highest BCUT2D eigenvalue weighted by Crippen LogP contribution is 2.16. The number of aromatic nitrogens is 1. The normalized spacial score (nSPS) is 10.6. The predicted octanol–water partition coefficient (Wildman–Crippen LogP) is 3.05. The fraction of sp³-hybridized carbons (Fsp3) is 0.357. The van der Waals surface area contributed by atoms with Gasteiger partial charge in [0.2, 0.25) is 0 Å². The Bertz CT molecular complexity index is 469. The smallest absolute Gasteiger partial charge is 0.305 e. The van der Waals surface area contributed by atoms with Crippen LogP contribution in [0, 0.1) is 0 Å². The van der Waals surface area contributed by atoms with Crippen molar-refractivity contribution in [3.05, 3.63) is 36.0 Å². The van der Waals surface area contributed by atoms with Crippen LogP contribution < -0.4 is 0 Å². The van der Waals surface area contributed by atoms with Crippen LogP contribution >= 0.6 is 0 Å². The molecule has 0 fully saturated rings. The van der Waals surface area contributed by atoms with E-state index < -0.39 is 0 Å². The fourth-order valence-corrected chi connectivity index (χ4v) is 1.92. The third-order valence-electron chi connectivity index (χ3n) is 2.72. The number of carbonyl (C=O) groups excluding carboxylic acids is 1. The molecule has 2 rings (SSSR count). The minimum absolute atomic E-state index is 0.108. The van der Waals surface area contributed by atoms with Gasteiger partial charge in [-0.25, -0.2) is 0 Å². The molecule has 0 atom stereocenters. The lowest BCUT2D eigenvalue weighted by molar-refractivity contribution is -0.143. The van der Waals surface area contributed by atoms with Crippen LogP contribution in [0.15, 0.2) is 30.3 Å². The predicted molar refractivity (Wildman–Crippen MR) is 67.9 cm³/mol. The fourth-order valence-electron chi connectivity index (χ4n) is 1.92. The van der Waals surface area contributed by atoms with E-state index in [2.05, 4.69) is 23.2 Å². The molecule has 0 aliphatic rings. The Morgan fingerprint density at radius 3 is 2.94 bits per heavy atom. The number of hydrogen-bond acceptors (Lipinski definition) is 2. The average Bonchev–Trinajstić information content (AvgIpc) is 2.71. The highest BCUT2D eigenvalue weighted by molar-refractivity contribution is 5.80. The molecule has 1 N–H and O–H groups in total. The number of nitrogens with one attached hydrogen (secondary N) is 1. The first-order chi connectivity index (χ1) is 8.29. The molecule has 0 aliphatic heterocycles. The molecule has 3 nitrogen and oxygen atoms in total. The number of para-hydroxylation sites is 1. The number of aromatic amines is 1. The summed E-state index contributed by atoms with van der Waals surface area (Å²) in [6.45, 7) is 2.29. The van der Waals surface area contributed by atoms with Gasteiger partial charge < -0.3 is 9.72 Å². The first-order valence-electron chi connectivity index (χ1n) is 6.02. The Balaban J connectivity index is 1.89. The topological polar surface area (TPSA) is 42.1 Å².